The summed E-state index contributed by atoms with van der Waals surface area (Å²) in [5.41, 5.74) is 10.4. The van der Waals surface area contributed by atoms with Crippen molar-refractivity contribution in [2.75, 3.05) is 12.3 Å². The van der Waals surface area contributed by atoms with E-state index in [0.29, 0.717) is 6.54 Å². The molecule has 0 radical (unpaired) electrons. The molecule has 0 fully saturated rings. The van der Waals surface area contributed by atoms with Crippen molar-refractivity contribution < 1.29 is 4.39 Å². The molecule has 1 heterocycles. The van der Waals surface area contributed by atoms with Crippen molar-refractivity contribution >= 4 is 5.69 Å². The summed E-state index contributed by atoms with van der Waals surface area (Å²) in [5.74, 6) is -0.460. The Kier molecular flexibility index (Phi) is 3.59. The van der Waals surface area contributed by atoms with Crippen LogP contribution in [0.3, 0.4) is 0 Å². The second kappa shape index (κ2) is 5.55. The zero-order valence-corrected chi connectivity index (χ0v) is 11.6. The fraction of sp³-hybridized carbons (Fsp3) is 0.235. The highest BCUT2D eigenvalue weighted by molar-refractivity contribution is 5.51. The first-order valence-electron chi connectivity index (χ1n) is 6.94. The van der Waals surface area contributed by atoms with Gasteiger partial charge in [0.15, 0.2) is 0 Å². The van der Waals surface area contributed by atoms with Gasteiger partial charge in [-0.05, 0) is 41.3 Å². The Morgan fingerprint density at radius 1 is 1.29 bits per heavy atom. The molecule has 0 aliphatic carbocycles. The van der Waals surface area contributed by atoms with Crippen LogP contribution < -0.4 is 5.73 Å². The number of hydrogen-bond donors (Lipinski definition) is 1. The Bertz CT molecular complexity index is 718. The van der Waals surface area contributed by atoms with E-state index in [9.17, 15) is 4.39 Å². The number of nitrogens with zero attached hydrogens (tertiary/aromatic N) is 2. The van der Waals surface area contributed by atoms with Crippen molar-refractivity contribution in [1.29, 1.82) is 5.26 Å². The van der Waals surface area contributed by atoms with Gasteiger partial charge in [-0.3, -0.25) is 4.90 Å². The number of anilines is 1. The quantitative estimate of drug-likeness (QED) is 0.861. The monoisotopic (exact) mass is 281 g/mol. The van der Waals surface area contributed by atoms with E-state index >= 15 is 0 Å². The third kappa shape index (κ3) is 2.74. The maximum absolute atomic E-state index is 13.3. The van der Waals surface area contributed by atoms with Gasteiger partial charge in [-0.15, -0.1) is 0 Å². The normalized spacial score (nSPS) is 14.5. The zero-order chi connectivity index (χ0) is 14.8. The smallest absolute Gasteiger partial charge is 0.140 e. The van der Waals surface area contributed by atoms with Crippen molar-refractivity contribution in [1.82, 2.24) is 4.90 Å². The average Bonchev–Trinajstić information content (AvgIpc) is 2.49. The van der Waals surface area contributed by atoms with Gasteiger partial charge in [-0.25, -0.2) is 4.39 Å². The second-order valence-electron chi connectivity index (χ2n) is 5.37. The minimum absolute atomic E-state index is 0.106. The summed E-state index contributed by atoms with van der Waals surface area (Å²) in [6, 6.07) is 12.6. The molecule has 1 aliphatic heterocycles. The highest BCUT2D eigenvalue weighted by Crippen LogP contribution is 2.25. The molecule has 106 valence electrons. The average molecular weight is 281 g/mol. The van der Waals surface area contributed by atoms with Crippen molar-refractivity contribution in [3.05, 3.63) is 64.5 Å². The summed E-state index contributed by atoms with van der Waals surface area (Å²) in [5, 5.41) is 8.89. The lowest BCUT2D eigenvalue weighted by Crippen LogP contribution is -2.30. The van der Waals surface area contributed by atoms with E-state index in [-0.39, 0.29) is 5.56 Å². The minimum atomic E-state index is -0.460. The standard InChI is InChI=1S/C17H16FN3/c18-16-5-4-12(8-14(16)9-19)10-21-7-6-15-13(11-21)2-1-3-17(15)20/h1-5,8H,6-7,10-11,20H2. The van der Waals surface area contributed by atoms with Crippen LogP contribution in [0.1, 0.15) is 22.3 Å². The third-order valence-electron chi connectivity index (χ3n) is 3.94. The summed E-state index contributed by atoms with van der Waals surface area (Å²) in [4.78, 5) is 2.29. The van der Waals surface area contributed by atoms with Crippen molar-refractivity contribution in [3.8, 4) is 6.07 Å². The molecule has 21 heavy (non-hydrogen) atoms. The van der Waals surface area contributed by atoms with Crippen molar-refractivity contribution in [2.45, 2.75) is 19.5 Å². The van der Waals surface area contributed by atoms with Crippen LogP contribution in [0.5, 0.6) is 0 Å². The van der Waals surface area contributed by atoms with E-state index in [4.69, 9.17) is 11.0 Å². The molecule has 0 spiro atoms. The molecule has 3 rings (SSSR count). The van der Waals surface area contributed by atoms with Crippen LogP contribution in [0.2, 0.25) is 0 Å². The first-order chi connectivity index (χ1) is 10.2. The summed E-state index contributed by atoms with van der Waals surface area (Å²) in [6.45, 7) is 2.46. The van der Waals surface area contributed by atoms with Crippen LogP contribution in [-0.4, -0.2) is 11.4 Å². The number of halogens is 1. The van der Waals surface area contributed by atoms with E-state index in [2.05, 4.69) is 11.0 Å². The van der Waals surface area contributed by atoms with Crippen LogP contribution >= 0.6 is 0 Å². The molecule has 2 N–H and O–H groups in total. The molecule has 0 aromatic heterocycles. The van der Waals surface area contributed by atoms with Gasteiger partial charge in [0.2, 0.25) is 0 Å². The van der Waals surface area contributed by atoms with Gasteiger partial charge in [-0.2, -0.15) is 5.26 Å². The molecule has 3 nitrogen and oxygen atoms in total. The van der Waals surface area contributed by atoms with E-state index < -0.39 is 5.82 Å². The molecule has 1 aliphatic rings. The molecule has 2 aromatic rings. The molecule has 0 bridgehead atoms. The molecule has 0 saturated heterocycles. The molecule has 0 saturated carbocycles. The number of nitriles is 1. The maximum Gasteiger partial charge on any atom is 0.140 e. The number of nitrogen functional groups attached to an aromatic ring is 1. The lowest BCUT2D eigenvalue weighted by Gasteiger charge is -2.29. The van der Waals surface area contributed by atoms with Gasteiger partial charge in [0.1, 0.15) is 11.9 Å². The summed E-state index contributed by atoms with van der Waals surface area (Å²) in [6.07, 6.45) is 0.925. The fourth-order valence-electron chi connectivity index (χ4n) is 2.85. The van der Waals surface area contributed by atoms with E-state index in [1.807, 2.05) is 18.2 Å². The topological polar surface area (TPSA) is 53.0 Å². The van der Waals surface area contributed by atoms with Crippen LogP contribution in [0, 0.1) is 17.1 Å². The van der Waals surface area contributed by atoms with Crippen molar-refractivity contribution in [3.63, 3.8) is 0 Å². The Hall–Kier alpha value is -2.38. The predicted octanol–water partition coefficient (Wildman–Crippen LogP) is 2.84. The SMILES string of the molecule is N#Cc1cc(CN2CCc3c(N)cccc3C2)ccc1F. The van der Waals surface area contributed by atoms with E-state index in [1.54, 1.807) is 12.1 Å². The summed E-state index contributed by atoms with van der Waals surface area (Å²) >= 11 is 0. The van der Waals surface area contributed by atoms with E-state index in [1.165, 1.54) is 17.2 Å². The van der Waals surface area contributed by atoms with E-state index in [0.717, 1.165) is 30.8 Å². The van der Waals surface area contributed by atoms with Gasteiger partial charge in [0.05, 0.1) is 5.56 Å². The van der Waals surface area contributed by atoms with Gasteiger partial charge in [0, 0.05) is 25.3 Å². The molecule has 2 aromatic carbocycles. The highest BCUT2D eigenvalue weighted by Gasteiger charge is 2.18. The first-order valence-corrected chi connectivity index (χ1v) is 6.94. The lowest BCUT2D eigenvalue weighted by atomic mass is 9.97. The number of nitrogens with two attached hydrogens (primary N) is 1. The Balaban J connectivity index is 1.77. The molecule has 0 amide bonds. The maximum atomic E-state index is 13.3. The molecule has 4 heteroatoms. The van der Waals surface area contributed by atoms with Crippen LogP contribution in [0.15, 0.2) is 36.4 Å². The molecular weight excluding hydrogens is 265 g/mol. The summed E-state index contributed by atoms with van der Waals surface area (Å²) in [7, 11) is 0. The largest absolute Gasteiger partial charge is 0.398 e. The van der Waals surface area contributed by atoms with Crippen LogP contribution in [-0.2, 0) is 19.5 Å². The Labute approximate surface area is 123 Å². The number of rotatable bonds is 2. The molecule has 0 unspecified atom stereocenters. The lowest BCUT2D eigenvalue weighted by molar-refractivity contribution is 0.246. The Morgan fingerprint density at radius 3 is 2.95 bits per heavy atom. The third-order valence-corrected chi connectivity index (χ3v) is 3.94. The van der Waals surface area contributed by atoms with Crippen LogP contribution in [0.4, 0.5) is 10.1 Å². The van der Waals surface area contributed by atoms with Gasteiger partial charge < -0.3 is 5.73 Å². The van der Waals surface area contributed by atoms with Gasteiger partial charge >= 0.3 is 0 Å². The number of fused-ring (bicyclic) bond motifs is 1. The summed E-state index contributed by atoms with van der Waals surface area (Å²) < 4.78 is 13.3. The fourth-order valence-corrected chi connectivity index (χ4v) is 2.85. The highest BCUT2D eigenvalue weighted by atomic mass is 19.1. The van der Waals surface area contributed by atoms with Gasteiger partial charge in [-0.1, -0.05) is 18.2 Å². The Morgan fingerprint density at radius 2 is 2.14 bits per heavy atom. The molecule has 0 atom stereocenters. The molecular formula is C17H16FN3. The first kappa shape index (κ1) is 13.6. The second-order valence-corrected chi connectivity index (χ2v) is 5.37. The van der Waals surface area contributed by atoms with Gasteiger partial charge in [0.25, 0.3) is 0 Å². The minimum Gasteiger partial charge on any atom is -0.398 e. The number of hydrogen-bond acceptors (Lipinski definition) is 3. The van der Waals surface area contributed by atoms with Crippen molar-refractivity contribution in [2.24, 2.45) is 0 Å². The predicted molar refractivity (Wildman–Crippen MR) is 79.8 cm³/mol. The number of benzene rings is 2. The zero-order valence-electron chi connectivity index (χ0n) is 11.6. The van der Waals surface area contributed by atoms with Crippen LogP contribution in [0.25, 0.3) is 0 Å².